The highest BCUT2D eigenvalue weighted by Crippen LogP contribution is 2.39. The van der Waals surface area contributed by atoms with Crippen molar-refractivity contribution in [2.75, 3.05) is 27.4 Å². The molecule has 2 aromatic rings. The number of hydrogen-bond donors (Lipinski definition) is 0. The average Bonchev–Trinajstić information content (AvgIpc) is 3.17. The lowest BCUT2D eigenvalue weighted by atomic mass is 10.1. The minimum absolute atomic E-state index is 0.166. The lowest BCUT2D eigenvalue weighted by molar-refractivity contribution is -0.145. The first kappa shape index (κ1) is 24.9. The van der Waals surface area contributed by atoms with Crippen molar-refractivity contribution >= 4 is 38.9 Å². The Hall–Kier alpha value is -2.75. The maximum atomic E-state index is 12.7. The molecule has 1 saturated heterocycles. The van der Waals surface area contributed by atoms with Crippen molar-refractivity contribution < 1.29 is 33.3 Å². The lowest BCUT2D eigenvalue weighted by Gasteiger charge is -2.27. The van der Waals surface area contributed by atoms with E-state index in [0.29, 0.717) is 34.0 Å². The number of carbonyl (C=O) groups excluding carboxylic acids is 2. The molecule has 0 spiro atoms. The number of halogens is 1. The van der Waals surface area contributed by atoms with Crippen molar-refractivity contribution in [2.24, 2.45) is 0 Å². The quantitative estimate of drug-likeness (QED) is 0.515. The third-order valence-corrected chi connectivity index (χ3v) is 5.76. The summed E-state index contributed by atoms with van der Waals surface area (Å²) in [5, 5.41) is 0.733. The van der Waals surface area contributed by atoms with E-state index < -0.39 is 29.8 Å². The van der Waals surface area contributed by atoms with Crippen LogP contribution < -0.4 is 14.2 Å². The van der Waals surface area contributed by atoms with Gasteiger partial charge >= 0.3 is 12.1 Å². The van der Waals surface area contributed by atoms with Crippen molar-refractivity contribution in [1.82, 2.24) is 9.88 Å². The first-order chi connectivity index (χ1) is 15.6. The Labute approximate surface area is 201 Å². The van der Waals surface area contributed by atoms with Gasteiger partial charge in [0.15, 0.2) is 0 Å². The van der Waals surface area contributed by atoms with Gasteiger partial charge in [-0.15, -0.1) is 0 Å². The zero-order valence-electron chi connectivity index (χ0n) is 19.6. The topological polar surface area (TPSA) is 96.4 Å². The molecule has 2 heterocycles. The molecule has 9 nitrogen and oxygen atoms in total. The number of pyridine rings is 1. The van der Waals surface area contributed by atoms with E-state index in [2.05, 4.69) is 20.9 Å². The number of carbonyl (C=O) groups is 2. The van der Waals surface area contributed by atoms with Gasteiger partial charge < -0.3 is 23.7 Å². The molecule has 0 bridgehead atoms. The Morgan fingerprint density at radius 2 is 1.94 bits per heavy atom. The number of esters is 1. The fourth-order valence-electron chi connectivity index (χ4n) is 3.61. The van der Waals surface area contributed by atoms with E-state index >= 15 is 0 Å². The van der Waals surface area contributed by atoms with E-state index in [0.717, 1.165) is 5.39 Å². The Morgan fingerprint density at radius 3 is 2.55 bits per heavy atom. The van der Waals surface area contributed by atoms with Crippen LogP contribution in [-0.4, -0.2) is 67.1 Å². The van der Waals surface area contributed by atoms with Crippen molar-refractivity contribution in [3.63, 3.8) is 0 Å². The fraction of sp³-hybridized carbons (Fsp3) is 0.522. The maximum Gasteiger partial charge on any atom is 0.411 e. The van der Waals surface area contributed by atoms with E-state index in [4.69, 9.17) is 23.7 Å². The number of aromatic nitrogens is 1. The highest BCUT2D eigenvalue weighted by molar-refractivity contribution is 9.10. The molecule has 2 atom stereocenters. The van der Waals surface area contributed by atoms with E-state index in [9.17, 15) is 9.59 Å². The number of likely N-dealkylation sites (tertiary alicyclic amines) is 1. The minimum Gasteiger partial charge on any atom is -0.495 e. The van der Waals surface area contributed by atoms with Gasteiger partial charge in [0, 0.05) is 17.9 Å². The molecule has 1 aliphatic heterocycles. The molecule has 1 aliphatic rings. The molecule has 0 radical (unpaired) electrons. The molecular weight excluding hydrogens is 496 g/mol. The summed E-state index contributed by atoms with van der Waals surface area (Å²) in [6.45, 7) is 7.77. The number of methoxy groups -OCH3 is 2. The van der Waals surface area contributed by atoms with Crippen LogP contribution in [0.1, 0.15) is 34.1 Å². The molecule has 33 heavy (non-hydrogen) atoms. The largest absolute Gasteiger partial charge is 0.495 e. The molecule has 3 rings (SSSR count). The van der Waals surface area contributed by atoms with E-state index in [1.54, 1.807) is 40.0 Å². The number of ether oxygens (including phenoxy) is 5. The molecule has 180 valence electrons. The van der Waals surface area contributed by atoms with Gasteiger partial charge in [-0.25, -0.2) is 14.6 Å². The lowest BCUT2D eigenvalue weighted by Crippen LogP contribution is -2.44. The average molecular weight is 525 g/mol. The molecule has 1 fully saturated rings. The summed E-state index contributed by atoms with van der Waals surface area (Å²) in [6, 6.07) is 4.55. The Bertz CT molecular complexity index is 1040. The van der Waals surface area contributed by atoms with Crippen LogP contribution in [-0.2, 0) is 14.3 Å². The molecule has 1 aromatic carbocycles. The summed E-state index contributed by atoms with van der Waals surface area (Å²) in [6.07, 6.45) is -0.801. The Morgan fingerprint density at radius 1 is 1.21 bits per heavy atom. The van der Waals surface area contributed by atoms with Crippen LogP contribution in [0.25, 0.3) is 10.9 Å². The van der Waals surface area contributed by atoms with E-state index in [1.807, 2.05) is 13.0 Å². The van der Waals surface area contributed by atoms with Crippen molar-refractivity contribution in [2.45, 2.75) is 51.9 Å². The third kappa shape index (κ3) is 5.61. The van der Waals surface area contributed by atoms with Gasteiger partial charge in [0.25, 0.3) is 0 Å². The van der Waals surface area contributed by atoms with Crippen molar-refractivity contribution in [3.8, 4) is 17.4 Å². The second-order valence-corrected chi connectivity index (χ2v) is 9.31. The molecule has 0 unspecified atom stereocenters. The SMILES string of the molecule is CCOc1cc(O[C@@H]2C[C@@H](C(=O)OC)N(C(=O)OC(C)(C)C)C2)c2ccc(OC)c(Br)c2n1. The summed E-state index contributed by atoms with van der Waals surface area (Å²) in [4.78, 5) is 31.0. The van der Waals surface area contributed by atoms with Crippen LogP contribution in [0, 0.1) is 0 Å². The molecule has 0 aliphatic carbocycles. The highest BCUT2D eigenvalue weighted by Gasteiger charge is 2.43. The standard InChI is InChI=1S/C23H29BrN2O7/c1-7-31-18-11-17(14-8-9-16(29-5)19(24)20(14)25-18)32-13-10-15(21(27)30-6)26(12-13)22(28)33-23(2,3)4/h8-9,11,13,15H,7,10,12H2,1-6H3/t13-,15+/m1/s1. The molecule has 0 saturated carbocycles. The normalized spacial score (nSPS) is 18.2. The number of hydrogen-bond acceptors (Lipinski definition) is 8. The summed E-state index contributed by atoms with van der Waals surface area (Å²) in [7, 11) is 2.87. The minimum atomic E-state index is -0.804. The van der Waals surface area contributed by atoms with Crippen LogP contribution >= 0.6 is 15.9 Å². The number of nitrogens with zero attached hydrogens (tertiary/aromatic N) is 2. The number of fused-ring (bicyclic) bond motifs is 1. The van der Waals surface area contributed by atoms with Gasteiger partial charge in [-0.3, -0.25) is 4.90 Å². The van der Waals surface area contributed by atoms with E-state index in [1.165, 1.54) is 12.0 Å². The van der Waals surface area contributed by atoms with Crippen LogP contribution in [0.15, 0.2) is 22.7 Å². The summed E-state index contributed by atoms with van der Waals surface area (Å²) in [5.41, 5.74) is -0.0859. The smallest absolute Gasteiger partial charge is 0.411 e. The maximum absolute atomic E-state index is 12.7. The van der Waals surface area contributed by atoms with Crippen LogP contribution in [0.5, 0.6) is 17.4 Å². The summed E-state index contributed by atoms with van der Waals surface area (Å²) >= 11 is 3.54. The summed E-state index contributed by atoms with van der Waals surface area (Å²) in [5.74, 6) is 1.01. The second kappa shape index (κ2) is 10.0. The van der Waals surface area contributed by atoms with E-state index in [-0.39, 0.29) is 13.0 Å². The van der Waals surface area contributed by atoms with Gasteiger partial charge in [-0.1, -0.05) is 0 Å². The third-order valence-electron chi connectivity index (χ3n) is 4.99. The second-order valence-electron chi connectivity index (χ2n) is 8.52. The monoisotopic (exact) mass is 524 g/mol. The first-order valence-electron chi connectivity index (χ1n) is 10.6. The van der Waals surface area contributed by atoms with Gasteiger partial charge in [-0.05, 0) is 55.8 Å². The predicted octanol–water partition coefficient (Wildman–Crippen LogP) is 4.33. The van der Waals surface area contributed by atoms with Crippen LogP contribution in [0.3, 0.4) is 0 Å². The number of benzene rings is 1. The summed E-state index contributed by atoms with van der Waals surface area (Å²) < 4.78 is 28.4. The molecular formula is C23H29BrN2O7. The van der Waals surface area contributed by atoms with Gasteiger partial charge in [0.2, 0.25) is 5.88 Å². The Balaban J connectivity index is 1.94. The number of amides is 1. The van der Waals surface area contributed by atoms with Crippen LogP contribution in [0.2, 0.25) is 0 Å². The molecule has 1 aromatic heterocycles. The van der Waals surface area contributed by atoms with Crippen molar-refractivity contribution in [3.05, 3.63) is 22.7 Å². The highest BCUT2D eigenvalue weighted by atomic mass is 79.9. The zero-order valence-corrected chi connectivity index (χ0v) is 21.2. The van der Waals surface area contributed by atoms with Gasteiger partial charge in [0.1, 0.15) is 29.2 Å². The molecule has 0 N–H and O–H groups in total. The van der Waals surface area contributed by atoms with Crippen molar-refractivity contribution in [1.29, 1.82) is 0 Å². The molecule has 1 amide bonds. The van der Waals surface area contributed by atoms with Gasteiger partial charge in [0.05, 0.1) is 37.4 Å². The fourth-order valence-corrected chi connectivity index (χ4v) is 4.20. The zero-order chi connectivity index (χ0) is 24.3. The Kier molecular flexibility index (Phi) is 7.56. The number of rotatable bonds is 6. The van der Waals surface area contributed by atoms with Crippen LogP contribution in [0.4, 0.5) is 4.79 Å². The first-order valence-corrected chi connectivity index (χ1v) is 11.4. The predicted molar refractivity (Wildman–Crippen MR) is 125 cm³/mol. The van der Waals surface area contributed by atoms with Gasteiger partial charge in [-0.2, -0.15) is 0 Å². The molecule has 10 heteroatoms.